The fourth-order valence-corrected chi connectivity index (χ4v) is 2.59. The molecule has 24 heavy (non-hydrogen) atoms. The lowest BCUT2D eigenvalue weighted by Crippen LogP contribution is -2.48. The predicted octanol–water partition coefficient (Wildman–Crippen LogP) is 2.32. The maximum atomic E-state index is 11.9. The second-order valence-electron chi connectivity index (χ2n) is 5.64. The molecule has 2 rings (SSSR count). The van der Waals surface area contributed by atoms with E-state index >= 15 is 0 Å². The Labute approximate surface area is 146 Å². The molecule has 1 saturated carbocycles. The minimum absolute atomic E-state index is 0.0389. The molecule has 0 saturated heterocycles. The molecule has 1 aliphatic rings. The van der Waals surface area contributed by atoms with Crippen LogP contribution in [-0.4, -0.2) is 28.9 Å². The minimum Gasteiger partial charge on any atom is -0.452 e. The topological polar surface area (TPSA) is 122 Å². The van der Waals surface area contributed by atoms with Crippen molar-refractivity contribution in [2.45, 2.75) is 25.3 Å². The molecule has 1 N–H and O–H groups in total. The molecule has 0 heterocycles. The van der Waals surface area contributed by atoms with Crippen LogP contribution in [0.1, 0.15) is 30.1 Å². The van der Waals surface area contributed by atoms with Crippen molar-refractivity contribution < 1.29 is 19.2 Å². The van der Waals surface area contributed by atoms with Crippen LogP contribution < -0.4 is 5.32 Å². The third kappa shape index (κ3) is 4.08. The van der Waals surface area contributed by atoms with E-state index in [1.165, 1.54) is 12.1 Å². The molecule has 1 aromatic rings. The second kappa shape index (κ2) is 6.97. The number of nitro benzene ring substituents is 1. The van der Waals surface area contributed by atoms with E-state index in [1.54, 1.807) is 6.92 Å². The van der Waals surface area contributed by atoms with Gasteiger partial charge >= 0.3 is 5.97 Å². The highest BCUT2D eigenvalue weighted by Gasteiger charge is 2.43. The van der Waals surface area contributed by atoms with Crippen LogP contribution in [0, 0.1) is 27.4 Å². The van der Waals surface area contributed by atoms with Gasteiger partial charge in [0.25, 0.3) is 11.6 Å². The van der Waals surface area contributed by atoms with Gasteiger partial charge in [-0.25, -0.2) is 4.79 Å². The number of carbonyl (C=O) groups excluding carboxylic acids is 2. The number of esters is 1. The first-order chi connectivity index (χ1) is 11.3. The number of nitriles is 1. The summed E-state index contributed by atoms with van der Waals surface area (Å²) >= 11 is 3.01. The Kier molecular flexibility index (Phi) is 5.19. The monoisotopic (exact) mass is 395 g/mol. The number of ether oxygens (including phenoxy) is 1. The third-order valence-electron chi connectivity index (χ3n) is 3.74. The number of benzene rings is 1. The first-order valence-corrected chi connectivity index (χ1v) is 7.89. The van der Waals surface area contributed by atoms with Crippen molar-refractivity contribution in [2.24, 2.45) is 5.92 Å². The van der Waals surface area contributed by atoms with Gasteiger partial charge in [-0.3, -0.25) is 14.9 Å². The van der Waals surface area contributed by atoms with E-state index in [2.05, 4.69) is 27.3 Å². The molecule has 0 spiro atoms. The van der Waals surface area contributed by atoms with Gasteiger partial charge in [0, 0.05) is 6.07 Å². The number of hydrogen-bond acceptors (Lipinski definition) is 6. The van der Waals surface area contributed by atoms with Crippen LogP contribution >= 0.6 is 15.9 Å². The minimum atomic E-state index is -0.972. The number of carbonyl (C=O) groups is 2. The molecule has 9 heteroatoms. The summed E-state index contributed by atoms with van der Waals surface area (Å²) in [5.41, 5.74) is -1.29. The van der Waals surface area contributed by atoms with E-state index in [-0.39, 0.29) is 21.6 Å². The molecular weight excluding hydrogens is 382 g/mol. The highest BCUT2D eigenvalue weighted by molar-refractivity contribution is 9.10. The van der Waals surface area contributed by atoms with Crippen LogP contribution in [0.3, 0.4) is 0 Å². The van der Waals surface area contributed by atoms with Gasteiger partial charge in [-0.2, -0.15) is 5.26 Å². The summed E-state index contributed by atoms with van der Waals surface area (Å²) in [5, 5.41) is 22.6. The summed E-state index contributed by atoms with van der Waals surface area (Å²) in [6.45, 7) is 1.06. The van der Waals surface area contributed by atoms with Gasteiger partial charge in [0.05, 0.1) is 21.0 Å². The van der Waals surface area contributed by atoms with E-state index in [0.717, 1.165) is 18.9 Å². The molecule has 1 aliphatic carbocycles. The van der Waals surface area contributed by atoms with E-state index in [9.17, 15) is 19.7 Å². The predicted molar refractivity (Wildman–Crippen MR) is 86.0 cm³/mol. The Morgan fingerprint density at radius 2 is 2.21 bits per heavy atom. The second-order valence-corrected chi connectivity index (χ2v) is 6.49. The smallest absolute Gasteiger partial charge is 0.338 e. The third-order valence-corrected chi connectivity index (χ3v) is 4.41. The molecule has 0 aromatic heterocycles. The van der Waals surface area contributed by atoms with E-state index in [0.29, 0.717) is 0 Å². The van der Waals surface area contributed by atoms with Gasteiger partial charge in [-0.05, 0) is 53.7 Å². The Bertz CT molecular complexity index is 741. The normalized spacial score (nSPS) is 15.7. The number of nitro groups is 1. The van der Waals surface area contributed by atoms with E-state index in [4.69, 9.17) is 10.00 Å². The highest BCUT2D eigenvalue weighted by atomic mass is 79.9. The molecule has 1 fully saturated rings. The van der Waals surface area contributed by atoms with Crippen LogP contribution in [0.2, 0.25) is 0 Å². The molecule has 1 aromatic carbocycles. The van der Waals surface area contributed by atoms with Crippen molar-refractivity contribution >= 4 is 33.5 Å². The number of halogens is 1. The van der Waals surface area contributed by atoms with Crippen LogP contribution in [-0.2, 0) is 9.53 Å². The standard InChI is InChI=1S/C15H14BrN3O5/c1-15(8-17,10-3-4-10)18-13(20)7-24-14(21)9-2-5-11(16)12(6-9)19(22)23/h2,5-6,10H,3-4,7H2,1H3,(H,18,20)/t15-/m0/s1. The molecule has 0 aliphatic heterocycles. The fraction of sp³-hybridized carbons (Fsp3) is 0.400. The lowest BCUT2D eigenvalue weighted by atomic mass is 9.98. The lowest BCUT2D eigenvalue weighted by Gasteiger charge is -2.22. The SMILES string of the molecule is C[C@@](C#N)(NC(=O)COC(=O)c1ccc(Br)c([N+](=O)[O-])c1)C1CC1. The first kappa shape index (κ1) is 17.9. The quantitative estimate of drug-likeness (QED) is 0.447. The van der Waals surface area contributed by atoms with Gasteiger partial charge in [0.15, 0.2) is 6.61 Å². The number of hydrogen-bond donors (Lipinski definition) is 1. The van der Waals surface area contributed by atoms with Crippen molar-refractivity contribution in [1.82, 2.24) is 5.32 Å². The Morgan fingerprint density at radius 1 is 1.54 bits per heavy atom. The maximum Gasteiger partial charge on any atom is 0.338 e. The fourth-order valence-electron chi connectivity index (χ4n) is 2.20. The number of rotatable bonds is 6. The Balaban J connectivity index is 1.96. The van der Waals surface area contributed by atoms with Crippen molar-refractivity contribution in [2.75, 3.05) is 6.61 Å². The number of amides is 1. The Hall–Kier alpha value is -2.47. The molecule has 8 nitrogen and oxygen atoms in total. The van der Waals surface area contributed by atoms with Gasteiger partial charge in [0.1, 0.15) is 5.54 Å². The van der Waals surface area contributed by atoms with Gasteiger partial charge in [0.2, 0.25) is 0 Å². The van der Waals surface area contributed by atoms with Crippen LogP contribution in [0.4, 0.5) is 5.69 Å². The molecule has 0 bridgehead atoms. The zero-order valence-corrected chi connectivity index (χ0v) is 14.3. The van der Waals surface area contributed by atoms with Crippen molar-refractivity contribution in [1.29, 1.82) is 5.26 Å². The average Bonchev–Trinajstić information content (AvgIpc) is 3.38. The van der Waals surface area contributed by atoms with Gasteiger partial charge < -0.3 is 10.1 Å². The summed E-state index contributed by atoms with van der Waals surface area (Å²) in [6.07, 6.45) is 1.74. The molecule has 126 valence electrons. The molecule has 1 atom stereocenters. The van der Waals surface area contributed by atoms with Crippen LogP contribution in [0.15, 0.2) is 22.7 Å². The summed E-state index contributed by atoms with van der Waals surface area (Å²) < 4.78 is 5.09. The average molecular weight is 396 g/mol. The summed E-state index contributed by atoms with van der Waals surface area (Å²) in [5.74, 6) is -1.34. The summed E-state index contributed by atoms with van der Waals surface area (Å²) in [7, 11) is 0. The molecule has 1 amide bonds. The summed E-state index contributed by atoms with van der Waals surface area (Å²) in [4.78, 5) is 34.0. The highest BCUT2D eigenvalue weighted by Crippen LogP contribution is 2.39. The van der Waals surface area contributed by atoms with Crippen molar-refractivity contribution in [3.05, 3.63) is 38.3 Å². The van der Waals surface area contributed by atoms with Gasteiger partial charge in [-0.15, -0.1) is 0 Å². The molecule has 0 unspecified atom stereocenters. The molecule has 0 radical (unpaired) electrons. The zero-order chi connectivity index (χ0) is 17.9. The molecular formula is C15H14BrN3O5. The van der Waals surface area contributed by atoms with Crippen molar-refractivity contribution in [3.63, 3.8) is 0 Å². The number of nitrogens with zero attached hydrogens (tertiary/aromatic N) is 2. The number of nitrogens with one attached hydrogen (secondary N) is 1. The first-order valence-electron chi connectivity index (χ1n) is 7.10. The maximum absolute atomic E-state index is 11.9. The van der Waals surface area contributed by atoms with Crippen molar-refractivity contribution in [3.8, 4) is 6.07 Å². The van der Waals surface area contributed by atoms with E-state index < -0.39 is 28.9 Å². The Morgan fingerprint density at radius 3 is 2.75 bits per heavy atom. The summed E-state index contributed by atoms with van der Waals surface area (Å²) in [6, 6.07) is 5.83. The van der Waals surface area contributed by atoms with Crippen LogP contribution in [0.5, 0.6) is 0 Å². The van der Waals surface area contributed by atoms with E-state index in [1.807, 2.05) is 0 Å². The zero-order valence-electron chi connectivity index (χ0n) is 12.7. The van der Waals surface area contributed by atoms with Crippen LogP contribution in [0.25, 0.3) is 0 Å². The van der Waals surface area contributed by atoms with Gasteiger partial charge in [-0.1, -0.05) is 0 Å². The lowest BCUT2D eigenvalue weighted by molar-refractivity contribution is -0.385. The largest absolute Gasteiger partial charge is 0.452 e.